The molecule has 5 heteroatoms. The van der Waals surface area contributed by atoms with E-state index in [0.717, 1.165) is 36.9 Å². The molecular weight excluding hydrogens is 292 g/mol. The number of amides is 2. The molecule has 2 amide bonds. The Hall–Kier alpha value is -1.88. The van der Waals surface area contributed by atoms with Gasteiger partial charge >= 0.3 is 0 Å². The second-order valence-corrected chi connectivity index (χ2v) is 6.89. The molecule has 23 heavy (non-hydrogen) atoms. The fourth-order valence-corrected chi connectivity index (χ4v) is 3.71. The number of aryl methyl sites for hydroxylation is 1. The van der Waals surface area contributed by atoms with Crippen LogP contribution in [0.3, 0.4) is 0 Å². The van der Waals surface area contributed by atoms with Gasteiger partial charge in [0.2, 0.25) is 5.91 Å². The van der Waals surface area contributed by atoms with Crippen molar-refractivity contribution in [3.8, 4) is 0 Å². The van der Waals surface area contributed by atoms with Gasteiger partial charge in [-0.05, 0) is 43.0 Å². The summed E-state index contributed by atoms with van der Waals surface area (Å²) in [6.45, 7) is 0.376. The predicted molar refractivity (Wildman–Crippen MR) is 88.6 cm³/mol. The van der Waals surface area contributed by atoms with Crippen LogP contribution in [0.25, 0.3) is 0 Å². The summed E-state index contributed by atoms with van der Waals surface area (Å²) >= 11 is 0. The van der Waals surface area contributed by atoms with Crippen molar-refractivity contribution in [3.05, 3.63) is 29.3 Å². The first-order valence-corrected chi connectivity index (χ1v) is 8.27. The quantitative estimate of drug-likeness (QED) is 0.927. The third kappa shape index (κ3) is 3.11. The lowest BCUT2D eigenvalue weighted by Gasteiger charge is -2.29. The summed E-state index contributed by atoms with van der Waals surface area (Å²) in [5.41, 5.74) is 1.81. The maximum Gasteiger partial charge on any atom is 0.253 e. The van der Waals surface area contributed by atoms with Crippen LogP contribution < -0.4 is 4.90 Å². The number of aliphatic hydroxyl groups is 1. The molecule has 1 aromatic rings. The molecule has 1 aliphatic heterocycles. The summed E-state index contributed by atoms with van der Waals surface area (Å²) in [5.74, 6) is 0.0322. The summed E-state index contributed by atoms with van der Waals surface area (Å²) in [4.78, 5) is 27.6. The van der Waals surface area contributed by atoms with Crippen LogP contribution in [-0.2, 0) is 11.2 Å². The van der Waals surface area contributed by atoms with Crippen molar-refractivity contribution in [2.45, 2.75) is 44.1 Å². The van der Waals surface area contributed by atoms with E-state index < -0.39 is 5.60 Å². The zero-order valence-electron chi connectivity index (χ0n) is 13.8. The van der Waals surface area contributed by atoms with E-state index in [2.05, 4.69) is 0 Å². The molecule has 1 saturated carbocycles. The minimum absolute atomic E-state index is 0.0762. The second kappa shape index (κ2) is 5.96. The highest BCUT2D eigenvalue weighted by molar-refractivity contribution is 5.98. The number of fused-ring (bicyclic) bond motifs is 1. The first-order chi connectivity index (χ1) is 10.9. The van der Waals surface area contributed by atoms with Crippen molar-refractivity contribution in [3.63, 3.8) is 0 Å². The maximum absolute atomic E-state index is 12.6. The van der Waals surface area contributed by atoms with Crippen LogP contribution in [0.2, 0.25) is 0 Å². The average Bonchev–Trinajstić information content (AvgIpc) is 2.96. The molecule has 0 spiro atoms. The summed E-state index contributed by atoms with van der Waals surface area (Å²) in [7, 11) is 3.51. The molecule has 1 fully saturated rings. The minimum atomic E-state index is -0.731. The number of hydrogen-bond donors (Lipinski definition) is 1. The lowest BCUT2D eigenvalue weighted by atomic mass is 9.98. The zero-order chi connectivity index (χ0) is 16.6. The first kappa shape index (κ1) is 16.0. The van der Waals surface area contributed by atoms with Crippen LogP contribution in [0.15, 0.2) is 18.2 Å². The Bertz CT molecular complexity index is 635. The van der Waals surface area contributed by atoms with E-state index in [1.807, 2.05) is 12.1 Å². The van der Waals surface area contributed by atoms with Gasteiger partial charge in [-0.25, -0.2) is 0 Å². The highest BCUT2D eigenvalue weighted by atomic mass is 16.3. The van der Waals surface area contributed by atoms with E-state index >= 15 is 0 Å². The Morgan fingerprint density at radius 3 is 2.70 bits per heavy atom. The fourth-order valence-electron chi connectivity index (χ4n) is 3.71. The Balaban J connectivity index is 1.76. The highest BCUT2D eigenvalue weighted by Crippen LogP contribution is 2.31. The molecule has 1 aliphatic carbocycles. The van der Waals surface area contributed by atoms with Crippen molar-refractivity contribution in [2.24, 2.45) is 0 Å². The number of carbonyl (C=O) groups is 2. The van der Waals surface area contributed by atoms with Crippen molar-refractivity contribution in [1.29, 1.82) is 0 Å². The van der Waals surface area contributed by atoms with Crippen molar-refractivity contribution in [1.82, 2.24) is 4.90 Å². The van der Waals surface area contributed by atoms with Gasteiger partial charge < -0.3 is 14.9 Å². The molecule has 0 saturated heterocycles. The summed E-state index contributed by atoms with van der Waals surface area (Å²) in [6, 6.07) is 5.50. The Morgan fingerprint density at radius 2 is 2.00 bits per heavy atom. The monoisotopic (exact) mass is 316 g/mol. The maximum atomic E-state index is 12.6. The van der Waals surface area contributed by atoms with E-state index in [1.54, 1.807) is 30.0 Å². The third-order valence-electron chi connectivity index (χ3n) is 5.08. The molecule has 3 rings (SSSR count). The SMILES string of the molecule is CN(CC1(O)CCCC1)C(=O)c1ccc2c(c1)CCC(=O)N2C. The van der Waals surface area contributed by atoms with Gasteiger partial charge in [-0.15, -0.1) is 0 Å². The largest absolute Gasteiger partial charge is 0.388 e. The smallest absolute Gasteiger partial charge is 0.253 e. The predicted octanol–water partition coefficient (Wildman–Crippen LogP) is 1.97. The zero-order valence-corrected chi connectivity index (χ0v) is 13.8. The van der Waals surface area contributed by atoms with Crippen LogP contribution >= 0.6 is 0 Å². The molecule has 5 nitrogen and oxygen atoms in total. The van der Waals surface area contributed by atoms with Crippen molar-refractivity contribution < 1.29 is 14.7 Å². The summed E-state index contributed by atoms with van der Waals surface area (Å²) < 4.78 is 0. The van der Waals surface area contributed by atoms with Crippen LogP contribution in [-0.4, -0.2) is 48.1 Å². The Labute approximate surface area is 136 Å². The number of rotatable bonds is 3. The highest BCUT2D eigenvalue weighted by Gasteiger charge is 2.33. The number of benzene rings is 1. The molecule has 0 aromatic heterocycles. The lowest BCUT2D eigenvalue weighted by Crippen LogP contribution is -2.42. The second-order valence-electron chi connectivity index (χ2n) is 6.89. The number of hydrogen-bond acceptors (Lipinski definition) is 3. The van der Waals surface area contributed by atoms with Gasteiger partial charge in [0.1, 0.15) is 0 Å². The Morgan fingerprint density at radius 1 is 1.30 bits per heavy atom. The van der Waals surface area contributed by atoms with Gasteiger partial charge in [0.15, 0.2) is 0 Å². The molecule has 2 aliphatic rings. The van der Waals surface area contributed by atoms with E-state index in [1.165, 1.54) is 0 Å². The summed E-state index contributed by atoms with van der Waals surface area (Å²) in [5, 5.41) is 10.5. The van der Waals surface area contributed by atoms with Crippen LogP contribution in [0.4, 0.5) is 5.69 Å². The molecule has 0 radical (unpaired) electrons. The molecule has 1 N–H and O–H groups in total. The lowest BCUT2D eigenvalue weighted by molar-refractivity contribution is -0.118. The standard InChI is InChI=1S/C18H24N2O3/c1-19(12-18(23)9-3-4-10-18)17(22)14-5-7-15-13(11-14)6-8-16(21)20(15)2/h5,7,11,23H,3-4,6,8-10,12H2,1-2H3. The number of nitrogens with zero attached hydrogens (tertiary/aromatic N) is 2. The number of likely N-dealkylation sites (N-methyl/N-ethyl adjacent to an activating group) is 1. The first-order valence-electron chi connectivity index (χ1n) is 8.27. The molecular formula is C18H24N2O3. The van der Waals surface area contributed by atoms with Crippen LogP contribution in [0.5, 0.6) is 0 Å². The molecule has 0 bridgehead atoms. The van der Waals surface area contributed by atoms with E-state index in [9.17, 15) is 14.7 Å². The topological polar surface area (TPSA) is 60.9 Å². The number of anilines is 1. The van der Waals surface area contributed by atoms with Gasteiger partial charge in [-0.3, -0.25) is 9.59 Å². The van der Waals surface area contributed by atoms with Crippen LogP contribution in [0.1, 0.15) is 48.0 Å². The minimum Gasteiger partial charge on any atom is -0.388 e. The number of carbonyl (C=O) groups excluding carboxylic acids is 2. The normalized spacial score (nSPS) is 19.6. The Kier molecular flexibility index (Phi) is 4.15. The summed E-state index contributed by atoms with van der Waals surface area (Å²) in [6.07, 6.45) is 4.74. The van der Waals surface area contributed by atoms with Gasteiger partial charge in [0, 0.05) is 38.3 Å². The van der Waals surface area contributed by atoms with E-state index in [4.69, 9.17) is 0 Å². The molecule has 0 atom stereocenters. The van der Waals surface area contributed by atoms with Gasteiger partial charge in [0.25, 0.3) is 5.91 Å². The van der Waals surface area contributed by atoms with Crippen LogP contribution in [0, 0.1) is 0 Å². The van der Waals surface area contributed by atoms with Crippen molar-refractivity contribution >= 4 is 17.5 Å². The molecule has 1 aromatic carbocycles. The average molecular weight is 316 g/mol. The van der Waals surface area contributed by atoms with Gasteiger partial charge in [-0.2, -0.15) is 0 Å². The molecule has 124 valence electrons. The van der Waals surface area contributed by atoms with E-state index in [0.29, 0.717) is 24.9 Å². The molecule has 1 heterocycles. The molecule has 0 unspecified atom stereocenters. The van der Waals surface area contributed by atoms with E-state index in [-0.39, 0.29) is 11.8 Å². The fraction of sp³-hybridized carbons (Fsp3) is 0.556. The van der Waals surface area contributed by atoms with Crippen molar-refractivity contribution in [2.75, 3.05) is 25.5 Å². The third-order valence-corrected chi connectivity index (χ3v) is 5.08. The van der Waals surface area contributed by atoms with Gasteiger partial charge in [-0.1, -0.05) is 12.8 Å². The van der Waals surface area contributed by atoms with Gasteiger partial charge in [0.05, 0.1) is 5.60 Å².